The van der Waals surface area contributed by atoms with Crippen LogP contribution in [0, 0.1) is 5.82 Å². The number of carbonyl (C=O) groups is 3. The molecule has 2 aliphatic rings. The molecule has 136 valence electrons. The summed E-state index contributed by atoms with van der Waals surface area (Å²) in [4.78, 5) is 38.6. The van der Waals surface area contributed by atoms with Gasteiger partial charge in [-0.3, -0.25) is 19.4 Å². The molecule has 9 heteroatoms. The van der Waals surface area contributed by atoms with Gasteiger partial charge in [-0.25, -0.2) is 9.29 Å². The molecule has 2 atom stereocenters. The number of benzene rings is 2. The van der Waals surface area contributed by atoms with Gasteiger partial charge in [-0.05, 0) is 30.3 Å². The number of amides is 3. The monoisotopic (exact) mass is 367 g/mol. The van der Waals surface area contributed by atoms with Gasteiger partial charge in [0.2, 0.25) is 5.91 Å². The van der Waals surface area contributed by atoms with Crippen LogP contribution in [0.2, 0.25) is 0 Å². The molecule has 0 unspecified atom stereocenters. The van der Waals surface area contributed by atoms with Crippen molar-refractivity contribution >= 4 is 29.1 Å². The number of rotatable bonds is 4. The predicted molar refractivity (Wildman–Crippen MR) is 93.1 cm³/mol. The molecule has 3 amide bonds. The average molecular weight is 367 g/mol. The summed E-state index contributed by atoms with van der Waals surface area (Å²) in [6.45, 7) is -0.289. The zero-order chi connectivity index (χ0) is 19.0. The first-order valence-electron chi connectivity index (χ1n) is 8.20. The lowest BCUT2D eigenvalue weighted by molar-refractivity contribution is -0.123. The third-order valence-corrected chi connectivity index (χ3v) is 4.29. The van der Waals surface area contributed by atoms with Crippen LogP contribution >= 0.6 is 0 Å². The Balaban J connectivity index is 1.48. The van der Waals surface area contributed by atoms with Crippen molar-refractivity contribution in [3.05, 3.63) is 60.4 Å². The highest BCUT2D eigenvalue weighted by Crippen LogP contribution is 2.31. The Morgan fingerprint density at radius 2 is 1.85 bits per heavy atom. The van der Waals surface area contributed by atoms with E-state index in [0.29, 0.717) is 5.69 Å². The molecule has 2 heterocycles. The van der Waals surface area contributed by atoms with Crippen molar-refractivity contribution < 1.29 is 18.8 Å². The van der Waals surface area contributed by atoms with Gasteiger partial charge in [0.15, 0.2) is 12.1 Å². The lowest BCUT2D eigenvalue weighted by Gasteiger charge is -2.20. The van der Waals surface area contributed by atoms with Crippen molar-refractivity contribution in [1.82, 2.24) is 5.01 Å². The molecule has 1 fully saturated rings. The molecule has 0 aliphatic carbocycles. The van der Waals surface area contributed by atoms with Crippen molar-refractivity contribution in [2.45, 2.75) is 12.1 Å². The zero-order valence-electron chi connectivity index (χ0n) is 13.9. The van der Waals surface area contributed by atoms with Crippen LogP contribution in [-0.2, 0) is 14.4 Å². The molecule has 1 N–H and O–H groups in total. The number of anilines is 2. The number of carbonyl (C=O) groups excluding carboxylic acids is 3. The molecular weight excluding hydrogens is 353 g/mol. The van der Waals surface area contributed by atoms with E-state index >= 15 is 0 Å². The van der Waals surface area contributed by atoms with Gasteiger partial charge in [0.05, 0.1) is 5.69 Å². The van der Waals surface area contributed by atoms with Crippen LogP contribution in [0.3, 0.4) is 0 Å². The topological polar surface area (TPSA) is 94.4 Å². The maximum Gasteiger partial charge on any atom is 0.263 e. The first-order chi connectivity index (χ1) is 13.0. The molecule has 27 heavy (non-hydrogen) atoms. The van der Waals surface area contributed by atoms with E-state index in [1.165, 1.54) is 29.3 Å². The Labute approximate surface area is 153 Å². The largest absolute Gasteiger partial charge is 0.324 e. The number of halogens is 1. The first kappa shape index (κ1) is 16.8. The lowest BCUT2D eigenvalue weighted by atomic mass is 10.1. The molecule has 2 aromatic carbocycles. The van der Waals surface area contributed by atoms with E-state index in [2.05, 4.69) is 15.7 Å². The third-order valence-electron chi connectivity index (χ3n) is 4.29. The molecule has 0 radical (unpaired) electrons. The van der Waals surface area contributed by atoms with Gasteiger partial charge in [0, 0.05) is 5.69 Å². The number of fused-ring (bicyclic) bond motifs is 1. The zero-order valence-corrected chi connectivity index (χ0v) is 13.9. The highest BCUT2D eigenvalue weighted by Gasteiger charge is 2.55. The SMILES string of the molecule is O=C(CN1N=N[C@@H]2C(=O)N(c3ccccc3)C(=O)[C@@H]21)Nc1cccc(F)c1. The van der Waals surface area contributed by atoms with E-state index < -0.39 is 35.6 Å². The second kappa shape index (κ2) is 6.60. The maximum absolute atomic E-state index is 13.2. The summed E-state index contributed by atoms with van der Waals surface area (Å²) < 4.78 is 13.2. The second-order valence-electron chi connectivity index (χ2n) is 6.10. The van der Waals surface area contributed by atoms with Gasteiger partial charge < -0.3 is 5.32 Å². The fourth-order valence-corrected chi connectivity index (χ4v) is 3.10. The quantitative estimate of drug-likeness (QED) is 0.833. The summed E-state index contributed by atoms with van der Waals surface area (Å²) in [5.74, 6) is -1.95. The van der Waals surface area contributed by atoms with Crippen LogP contribution in [-0.4, -0.2) is 41.4 Å². The van der Waals surface area contributed by atoms with Gasteiger partial charge in [-0.15, -0.1) is 0 Å². The van der Waals surface area contributed by atoms with E-state index in [9.17, 15) is 18.8 Å². The van der Waals surface area contributed by atoms with Gasteiger partial charge >= 0.3 is 0 Å². The van der Waals surface area contributed by atoms with Crippen molar-refractivity contribution in [3.63, 3.8) is 0 Å². The third kappa shape index (κ3) is 3.03. The number of hydrogen-bond acceptors (Lipinski definition) is 6. The van der Waals surface area contributed by atoms with Crippen LogP contribution in [0.4, 0.5) is 15.8 Å². The Morgan fingerprint density at radius 1 is 1.07 bits per heavy atom. The van der Waals surface area contributed by atoms with E-state index in [-0.39, 0.29) is 12.2 Å². The molecule has 4 rings (SSSR count). The van der Waals surface area contributed by atoms with Crippen LogP contribution in [0.25, 0.3) is 0 Å². The molecule has 0 aromatic heterocycles. The number of nitrogens with one attached hydrogen (secondary N) is 1. The molecule has 0 saturated carbocycles. The summed E-state index contributed by atoms with van der Waals surface area (Å²) in [5, 5.41) is 11.4. The number of para-hydroxylation sites is 1. The van der Waals surface area contributed by atoms with Crippen LogP contribution in [0.1, 0.15) is 0 Å². The molecule has 0 spiro atoms. The van der Waals surface area contributed by atoms with Crippen molar-refractivity contribution in [3.8, 4) is 0 Å². The maximum atomic E-state index is 13.2. The molecule has 0 bridgehead atoms. The van der Waals surface area contributed by atoms with E-state index in [1.807, 2.05) is 0 Å². The second-order valence-corrected chi connectivity index (χ2v) is 6.10. The average Bonchev–Trinajstić information content (AvgIpc) is 3.16. The summed E-state index contributed by atoms with van der Waals surface area (Å²) in [6, 6.07) is 12.0. The minimum absolute atomic E-state index is 0.285. The molecule has 2 aromatic rings. The summed E-state index contributed by atoms with van der Waals surface area (Å²) in [5.41, 5.74) is 0.730. The summed E-state index contributed by atoms with van der Waals surface area (Å²) in [6.07, 6.45) is 0. The summed E-state index contributed by atoms with van der Waals surface area (Å²) in [7, 11) is 0. The van der Waals surface area contributed by atoms with E-state index in [1.54, 1.807) is 30.3 Å². The number of hydrogen-bond donors (Lipinski definition) is 1. The van der Waals surface area contributed by atoms with Crippen LogP contribution in [0.5, 0.6) is 0 Å². The molecule has 1 saturated heterocycles. The van der Waals surface area contributed by atoms with Gasteiger partial charge in [0.1, 0.15) is 12.4 Å². The Morgan fingerprint density at radius 3 is 2.59 bits per heavy atom. The minimum atomic E-state index is -0.973. The van der Waals surface area contributed by atoms with Gasteiger partial charge in [-0.1, -0.05) is 29.5 Å². The van der Waals surface area contributed by atoms with Crippen molar-refractivity contribution in [1.29, 1.82) is 0 Å². The van der Waals surface area contributed by atoms with E-state index in [0.717, 1.165) is 4.90 Å². The molecule has 8 nitrogen and oxygen atoms in total. The summed E-state index contributed by atoms with van der Waals surface area (Å²) >= 11 is 0. The normalized spacial score (nSPS) is 20.9. The van der Waals surface area contributed by atoms with Crippen LogP contribution in [0.15, 0.2) is 64.9 Å². The fourth-order valence-electron chi connectivity index (χ4n) is 3.10. The Hall–Kier alpha value is -3.62. The fraction of sp³-hybridized carbons (Fsp3) is 0.167. The Kier molecular flexibility index (Phi) is 4.11. The van der Waals surface area contributed by atoms with Crippen molar-refractivity contribution in [2.75, 3.05) is 16.8 Å². The highest BCUT2D eigenvalue weighted by atomic mass is 19.1. The first-order valence-corrected chi connectivity index (χ1v) is 8.20. The Bertz CT molecular complexity index is 949. The lowest BCUT2D eigenvalue weighted by Crippen LogP contribution is -2.43. The van der Waals surface area contributed by atoms with Crippen LogP contribution < -0.4 is 10.2 Å². The molecule has 2 aliphatic heterocycles. The standard InChI is InChI=1S/C18H14FN5O3/c19-11-5-4-6-12(9-11)20-14(25)10-23-16-15(21-22-23)17(26)24(18(16)27)13-7-2-1-3-8-13/h1-9,15-16H,10H2,(H,20,25)/t15-,16+/m0/s1. The van der Waals surface area contributed by atoms with E-state index in [4.69, 9.17) is 0 Å². The predicted octanol–water partition coefficient (Wildman–Crippen LogP) is 1.76. The van der Waals surface area contributed by atoms with Gasteiger partial charge in [0.25, 0.3) is 11.8 Å². The molecular formula is C18H14FN5O3. The minimum Gasteiger partial charge on any atom is -0.324 e. The number of nitrogens with zero attached hydrogens (tertiary/aromatic N) is 4. The highest BCUT2D eigenvalue weighted by molar-refractivity contribution is 6.25. The van der Waals surface area contributed by atoms with Crippen molar-refractivity contribution in [2.24, 2.45) is 10.3 Å². The smallest absolute Gasteiger partial charge is 0.263 e. The van der Waals surface area contributed by atoms with Gasteiger partial charge in [-0.2, -0.15) is 5.11 Å². The number of imide groups is 1.